The van der Waals surface area contributed by atoms with Gasteiger partial charge in [-0.25, -0.2) is 4.98 Å². The summed E-state index contributed by atoms with van der Waals surface area (Å²) in [6.07, 6.45) is 2.19. The van der Waals surface area contributed by atoms with Crippen molar-refractivity contribution in [2.45, 2.75) is 32.6 Å². The third-order valence-electron chi connectivity index (χ3n) is 5.55. The van der Waals surface area contributed by atoms with Crippen molar-refractivity contribution in [2.75, 3.05) is 25.0 Å². The van der Waals surface area contributed by atoms with Crippen LogP contribution in [-0.2, 0) is 4.79 Å². The van der Waals surface area contributed by atoms with Crippen molar-refractivity contribution >= 4 is 22.6 Å². The van der Waals surface area contributed by atoms with Gasteiger partial charge in [0, 0.05) is 18.2 Å². The first-order valence-corrected chi connectivity index (χ1v) is 9.63. The fourth-order valence-electron chi connectivity index (χ4n) is 3.87. The van der Waals surface area contributed by atoms with Crippen molar-refractivity contribution in [3.63, 3.8) is 0 Å². The Hall–Kier alpha value is -2.66. The summed E-state index contributed by atoms with van der Waals surface area (Å²) in [6.45, 7) is 6.35. The lowest BCUT2D eigenvalue weighted by atomic mass is 9.97. The molecule has 0 spiro atoms. The molecule has 4 rings (SSSR count). The number of anilines is 1. The van der Waals surface area contributed by atoms with Crippen LogP contribution in [0.5, 0.6) is 0 Å². The largest absolute Gasteiger partial charge is 0.342 e. The van der Waals surface area contributed by atoms with Crippen LogP contribution >= 0.6 is 0 Å². The molecule has 140 valence electrons. The Kier molecular flexibility index (Phi) is 4.94. The minimum Gasteiger partial charge on any atom is -0.342 e. The number of nitrogens with zero attached hydrogens (tertiary/aromatic N) is 2. The van der Waals surface area contributed by atoms with E-state index >= 15 is 0 Å². The topological polar surface area (TPSA) is 61.0 Å². The van der Waals surface area contributed by atoms with Gasteiger partial charge in [0.05, 0.1) is 17.6 Å². The first kappa shape index (κ1) is 17.7. The average Bonchev–Trinajstić information content (AvgIpc) is 3.10. The molecule has 1 aliphatic heterocycles. The van der Waals surface area contributed by atoms with Crippen LogP contribution in [0.1, 0.15) is 35.7 Å². The van der Waals surface area contributed by atoms with E-state index in [2.05, 4.69) is 34.3 Å². The molecule has 5 heteroatoms. The molecule has 2 aromatic carbocycles. The van der Waals surface area contributed by atoms with Gasteiger partial charge in [-0.15, -0.1) is 0 Å². The third-order valence-corrected chi connectivity index (χ3v) is 5.55. The van der Waals surface area contributed by atoms with E-state index in [1.165, 1.54) is 5.56 Å². The molecule has 0 saturated carbocycles. The highest BCUT2D eigenvalue weighted by Gasteiger charge is 2.25. The number of H-pyrrole nitrogens is 1. The predicted octanol–water partition coefficient (Wildman–Crippen LogP) is 4.00. The van der Waals surface area contributed by atoms with Gasteiger partial charge < -0.3 is 10.3 Å². The molecule has 5 nitrogen and oxygen atoms in total. The fourth-order valence-corrected chi connectivity index (χ4v) is 3.87. The minimum atomic E-state index is 0.0500. The number of likely N-dealkylation sites (tertiary alicyclic amines) is 1. The number of amides is 1. The van der Waals surface area contributed by atoms with Gasteiger partial charge in [-0.1, -0.05) is 24.3 Å². The van der Waals surface area contributed by atoms with Crippen LogP contribution in [0.4, 0.5) is 5.69 Å². The maximum atomic E-state index is 12.6. The number of fused-ring (bicyclic) bond motifs is 1. The van der Waals surface area contributed by atoms with Gasteiger partial charge in [-0.2, -0.15) is 0 Å². The zero-order valence-corrected chi connectivity index (χ0v) is 16.0. The Balaban J connectivity index is 1.40. The zero-order valence-electron chi connectivity index (χ0n) is 16.0. The maximum Gasteiger partial charge on any atom is 0.238 e. The second-order valence-corrected chi connectivity index (χ2v) is 7.51. The standard InChI is InChI=1S/C22H26N4O/c1-15-7-5-11-18(16(15)2)23-21(27)14-26-12-6-8-17(13-26)22-24-19-9-3-4-10-20(19)25-22/h3-5,7,9-11,17H,6,8,12-14H2,1-2H3,(H,23,27)(H,24,25)/t17-/m0/s1. The third kappa shape index (κ3) is 3.88. The van der Waals surface area contributed by atoms with E-state index in [0.717, 1.165) is 54.0 Å². The number of hydrogen-bond donors (Lipinski definition) is 2. The monoisotopic (exact) mass is 362 g/mol. The lowest BCUT2D eigenvalue weighted by molar-refractivity contribution is -0.117. The highest BCUT2D eigenvalue weighted by atomic mass is 16.2. The molecule has 3 aromatic rings. The van der Waals surface area contributed by atoms with E-state index in [0.29, 0.717) is 12.5 Å². The van der Waals surface area contributed by atoms with Crippen molar-refractivity contribution in [2.24, 2.45) is 0 Å². The van der Waals surface area contributed by atoms with Crippen LogP contribution in [0.2, 0.25) is 0 Å². The molecule has 0 bridgehead atoms. The van der Waals surface area contributed by atoms with Crippen LogP contribution in [0, 0.1) is 13.8 Å². The van der Waals surface area contributed by atoms with E-state index in [9.17, 15) is 4.79 Å². The molecule has 1 amide bonds. The number of para-hydroxylation sites is 2. The smallest absolute Gasteiger partial charge is 0.238 e. The molecular weight excluding hydrogens is 336 g/mol. The second-order valence-electron chi connectivity index (χ2n) is 7.51. The summed E-state index contributed by atoms with van der Waals surface area (Å²) in [7, 11) is 0. The summed E-state index contributed by atoms with van der Waals surface area (Å²) >= 11 is 0. The summed E-state index contributed by atoms with van der Waals surface area (Å²) in [5.41, 5.74) is 5.32. The Morgan fingerprint density at radius 1 is 1.22 bits per heavy atom. The molecule has 1 fully saturated rings. The summed E-state index contributed by atoms with van der Waals surface area (Å²) in [4.78, 5) is 23.0. The highest BCUT2D eigenvalue weighted by Crippen LogP contribution is 2.26. The van der Waals surface area contributed by atoms with Crippen LogP contribution in [0.3, 0.4) is 0 Å². The van der Waals surface area contributed by atoms with Crippen LogP contribution in [0.15, 0.2) is 42.5 Å². The van der Waals surface area contributed by atoms with Gasteiger partial charge in [0.2, 0.25) is 5.91 Å². The summed E-state index contributed by atoms with van der Waals surface area (Å²) in [5.74, 6) is 1.43. The average molecular weight is 362 g/mol. The van der Waals surface area contributed by atoms with Crippen LogP contribution < -0.4 is 5.32 Å². The lowest BCUT2D eigenvalue weighted by Gasteiger charge is -2.31. The van der Waals surface area contributed by atoms with Crippen LogP contribution in [-0.4, -0.2) is 40.4 Å². The van der Waals surface area contributed by atoms with E-state index < -0.39 is 0 Å². The van der Waals surface area contributed by atoms with Gasteiger partial charge in [-0.3, -0.25) is 9.69 Å². The summed E-state index contributed by atoms with van der Waals surface area (Å²) < 4.78 is 0. The maximum absolute atomic E-state index is 12.6. The van der Waals surface area contributed by atoms with Gasteiger partial charge >= 0.3 is 0 Å². The summed E-state index contributed by atoms with van der Waals surface area (Å²) in [6, 6.07) is 14.1. The number of hydrogen-bond acceptors (Lipinski definition) is 3. The number of piperidine rings is 1. The molecule has 1 saturated heterocycles. The van der Waals surface area contributed by atoms with Gasteiger partial charge in [-0.05, 0) is 62.6 Å². The van der Waals surface area contributed by atoms with Crippen molar-refractivity contribution in [3.05, 3.63) is 59.4 Å². The van der Waals surface area contributed by atoms with Crippen molar-refractivity contribution < 1.29 is 4.79 Å². The van der Waals surface area contributed by atoms with E-state index in [1.807, 2.05) is 37.3 Å². The number of aromatic amines is 1. The van der Waals surface area contributed by atoms with Crippen molar-refractivity contribution in [1.82, 2.24) is 14.9 Å². The van der Waals surface area contributed by atoms with Gasteiger partial charge in [0.1, 0.15) is 5.82 Å². The van der Waals surface area contributed by atoms with Gasteiger partial charge in [0.25, 0.3) is 0 Å². The fraction of sp³-hybridized carbons (Fsp3) is 0.364. The molecule has 2 N–H and O–H groups in total. The van der Waals surface area contributed by atoms with Crippen molar-refractivity contribution in [3.8, 4) is 0 Å². The molecule has 1 aliphatic rings. The molecule has 27 heavy (non-hydrogen) atoms. The van der Waals surface area contributed by atoms with E-state index in [1.54, 1.807) is 0 Å². The van der Waals surface area contributed by atoms with Crippen molar-refractivity contribution in [1.29, 1.82) is 0 Å². The Bertz CT molecular complexity index is 929. The Labute approximate surface area is 159 Å². The number of nitrogens with one attached hydrogen (secondary N) is 2. The number of rotatable bonds is 4. The minimum absolute atomic E-state index is 0.0500. The quantitative estimate of drug-likeness (QED) is 0.737. The number of aromatic nitrogens is 2. The number of carbonyl (C=O) groups excluding carboxylic acids is 1. The number of imidazole rings is 1. The van der Waals surface area contributed by atoms with Gasteiger partial charge in [0.15, 0.2) is 0 Å². The molecule has 0 unspecified atom stereocenters. The molecule has 2 heterocycles. The number of carbonyl (C=O) groups is 1. The lowest BCUT2D eigenvalue weighted by Crippen LogP contribution is -2.40. The molecule has 0 radical (unpaired) electrons. The summed E-state index contributed by atoms with van der Waals surface area (Å²) in [5, 5.41) is 3.07. The normalized spacial score (nSPS) is 17.9. The Morgan fingerprint density at radius 2 is 2.07 bits per heavy atom. The second kappa shape index (κ2) is 7.53. The number of aryl methyl sites for hydroxylation is 1. The molecule has 1 aromatic heterocycles. The highest BCUT2D eigenvalue weighted by molar-refractivity contribution is 5.93. The molecule has 1 atom stereocenters. The van der Waals surface area contributed by atoms with Crippen LogP contribution in [0.25, 0.3) is 11.0 Å². The predicted molar refractivity (Wildman–Crippen MR) is 109 cm³/mol. The van der Waals surface area contributed by atoms with E-state index in [4.69, 9.17) is 4.98 Å². The molecule has 0 aliphatic carbocycles. The first-order valence-electron chi connectivity index (χ1n) is 9.63. The van der Waals surface area contributed by atoms with E-state index in [-0.39, 0.29) is 5.91 Å². The SMILES string of the molecule is Cc1cccc(NC(=O)CN2CCC[C@H](c3nc4ccccc4[nH]3)C2)c1C. The zero-order chi connectivity index (χ0) is 18.8. The number of benzene rings is 2. The molecular formula is C22H26N4O. The first-order chi connectivity index (χ1) is 13.1. The Morgan fingerprint density at radius 3 is 2.93 bits per heavy atom.